The Balaban J connectivity index is 1.67. The molecule has 0 fully saturated rings. The fourth-order valence-electron chi connectivity index (χ4n) is 3.72. The summed E-state index contributed by atoms with van der Waals surface area (Å²) in [5.41, 5.74) is 1.91. The minimum Gasteiger partial charge on any atom is -0.303 e. The number of halogens is 1. The van der Waals surface area contributed by atoms with Crippen molar-refractivity contribution < 1.29 is 4.39 Å². The largest absolute Gasteiger partial charge is 0.303 e. The summed E-state index contributed by atoms with van der Waals surface area (Å²) in [5.74, 6) is 0.282. The molecule has 136 valence electrons. The molecule has 4 rings (SSSR count). The van der Waals surface area contributed by atoms with Gasteiger partial charge in [0.15, 0.2) is 10.6 Å². The molecule has 3 aromatic rings. The summed E-state index contributed by atoms with van der Waals surface area (Å²) in [6, 6.07) is 9.31. The van der Waals surface area contributed by atoms with Crippen molar-refractivity contribution in [1.29, 1.82) is 0 Å². The van der Waals surface area contributed by atoms with Gasteiger partial charge in [0.1, 0.15) is 5.82 Å². The van der Waals surface area contributed by atoms with E-state index >= 15 is 0 Å². The number of hydrogen-bond donors (Lipinski definition) is 0. The fraction of sp³-hybridized carbons (Fsp3) is 0.368. The van der Waals surface area contributed by atoms with Crippen LogP contribution >= 0.6 is 23.6 Å². The van der Waals surface area contributed by atoms with Crippen LogP contribution < -0.4 is 0 Å². The average molecular weight is 389 g/mol. The van der Waals surface area contributed by atoms with Crippen LogP contribution in [0.3, 0.4) is 0 Å². The normalized spacial score (nSPS) is 17.4. The molecular weight excluding hydrogens is 367 g/mol. The molecule has 0 amide bonds. The topological polar surface area (TPSA) is 26.0 Å². The van der Waals surface area contributed by atoms with E-state index in [9.17, 15) is 4.39 Å². The number of nitrogens with zero attached hydrogens (tertiary/aromatic N) is 4. The van der Waals surface area contributed by atoms with Crippen molar-refractivity contribution in [2.45, 2.75) is 32.5 Å². The third-order valence-electron chi connectivity index (χ3n) is 5.06. The molecule has 0 saturated heterocycles. The lowest BCUT2D eigenvalue weighted by atomic mass is 9.98. The molecule has 7 heteroatoms. The quantitative estimate of drug-likeness (QED) is 0.601. The van der Waals surface area contributed by atoms with Crippen molar-refractivity contribution in [2.24, 2.45) is 7.05 Å². The molecule has 1 aromatic carbocycles. The van der Waals surface area contributed by atoms with Crippen LogP contribution in [-0.4, -0.2) is 25.8 Å². The summed E-state index contributed by atoms with van der Waals surface area (Å²) in [5, 5.41) is 6.82. The maximum atomic E-state index is 14.2. The van der Waals surface area contributed by atoms with Crippen LogP contribution in [0.25, 0.3) is 11.4 Å². The molecule has 0 N–H and O–H groups in total. The van der Waals surface area contributed by atoms with E-state index in [1.165, 1.54) is 16.5 Å². The number of aromatic nitrogens is 3. The van der Waals surface area contributed by atoms with Gasteiger partial charge in [-0.25, -0.2) is 9.07 Å². The lowest BCUT2D eigenvalue weighted by molar-refractivity contribution is 0.129. The molecule has 1 aliphatic rings. The van der Waals surface area contributed by atoms with Gasteiger partial charge in [0.2, 0.25) is 0 Å². The molecule has 0 unspecified atom stereocenters. The van der Waals surface area contributed by atoms with E-state index in [1.54, 1.807) is 16.7 Å². The highest BCUT2D eigenvalue weighted by atomic mass is 32.1. The smallest absolute Gasteiger partial charge is 0.199 e. The van der Waals surface area contributed by atoms with Gasteiger partial charge in [0.05, 0.1) is 12.2 Å². The first-order valence-electron chi connectivity index (χ1n) is 8.79. The molecule has 3 heterocycles. The maximum absolute atomic E-state index is 14.2. The summed E-state index contributed by atoms with van der Waals surface area (Å²) in [7, 11) is 1.85. The van der Waals surface area contributed by atoms with E-state index in [4.69, 9.17) is 12.2 Å². The van der Waals surface area contributed by atoms with Gasteiger partial charge in [0, 0.05) is 24.5 Å². The maximum Gasteiger partial charge on any atom is 0.199 e. The number of fused-ring (bicyclic) bond motifs is 1. The van der Waals surface area contributed by atoms with Crippen LogP contribution in [0.4, 0.5) is 4.39 Å². The molecule has 0 spiro atoms. The van der Waals surface area contributed by atoms with Crippen molar-refractivity contribution in [3.05, 3.63) is 56.7 Å². The summed E-state index contributed by atoms with van der Waals surface area (Å²) >= 11 is 7.42. The Morgan fingerprint density at radius 2 is 2.12 bits per heavy atom. The molecule has 1 atom stereocenters. The van der Waals surface area contributed by atoms with E-state index in [0.29, 0.717) is 28.9 Å². The second kappa shape index (κ2) is 7.06. The summed E-state index contributed by atoms with van der Waals surface area (Å²) in [6.07, 6.45) is 2.11. The van der Waals surface area contributed by atoms with Crippen molar-refractivity contribution in [3.63, 3.8) is 0 Å². The predicted molar refractivity (Wildman–Crippen MR) is 105 cm³/mol. The van der Waals surface area contributed by atoms with Crippen molar-refractivity contribution in [3.8, 4) is 11.4 Å². The molecule has 0 aliphatic carbocycles. The van der Waals surface area contributed by atoms with Gasteiger partial charge in [-0.15, -0.1) is 11.3 Å². The Bertz CT molecular complexity index is 988. The van der Waals surface area contributed by atoms with Crippen LogP contribution in [0.1, 0.15) is 29.8 Å². The summed E-state index contributed by atoms with van der Waals surface area (Å²) in [6.45, 7) is 3.82. The predicted octanol–water partition coefficient (Wildman–Crippen LogP) is 4.79. The van der Waals surface area contributed by atoms with E-state index in [2.05, 4.69) is 28.4 Å². The molecule has 2 aromatic heterocycles. The standard InChI is InChI=1S/C19H21FN4S2/c1-3-16-14-9-11-26-17(14)8-10-23(16)12-24-19(25)22(2)18(21-24)13-6-4-5-7-15(13)20/h4-7,9,11,16H,3,8,10,12H2,1-2H3/t16-/m1/s1. The third-order valence-corrected chi connectivity index (χ3v) is 6.54. The second-order valence-corrected chi connectivity index (χ2v) is 7.94. The van der Waals surface area contributed by atoms with Crippen molar-refractivity contribution in [2.75, 3.05) is 6.54 Å². The first-order valence-corrected chi connectivity index (χ1v) is 10.1. The number of hydrogen-bond acceptors (Lipinski definition) is 4. The minimum absolute atomic E-state index is 0.282. The summed E-state index contributed by atoms with van der Waals surface area (Å²) < 4.78 is 18.4. The van der Waals surface area contributed by atoms with E-state index < -0.39 is 0 Å². The lowest BCUT2D eigenvalue weighted by Crippen LogP contribution is -2.36. The van der Waals surface area contributed by atoms with Crippen LogP contribution in [0.2, 0.25) is 0 Å². The van der Waals surface area contributed by atoms with Gasteiger partial charge >= 0.3 is 0 Å². The Morgan fingerprint density at radius 3 is 2.88 bits per heavy atom. The van der Waals surface area contributed by atoms with Crippen LogP contribution in [0.5, 0.6) is 0 Å². The van der Waals surface area contributed by atoms with E-state index in [1.807, 2.05) is 29.1 Å². The zero-order chi connectivity index (χ0) is 18.3. The highest BCUT2D eigenvalue weighted by molar-refractivity contribution is 7.71. The zero-order valence-electron chi connectivity index (χ0n) is 14.9. The van der Waals surface area contributed by atoms with Gasteiger partial charge in [0.25, 0.3) is 0 Å². The molecule has 0 bridgehead atoms. The average Bonchev–Trinajstić information content (AvgIpc) is 3.22. The fourth-order valence-corrected chi connectivity index (χ4v) is 4.84. The van der Waals surface area contributed by atoms with Gasteiger partial charge in [-0.05, 0) is 54.2 Å². The highest BCUT2D eigenvalue weighted by Crippen LogP contribution is 2.35. The van der Waals surface area contributed by atoms with E-state index in [-0.39, 0.29) is 5.82 Å². The first-order chi connectivity index (χ1) is 12.6. The molecule has 1 aliphatic heterocycles. The molecular formula is C19H21FN4S2. The molecule has 4 nitrogen and oxygen atoms in total. The minimum atomic E-state index is -0.282. The Hall–Kier alpha value is -1.83. The molecule has 0 radical (unpaired) electrons. The van der Waals surface area contributed by atoms with Crippen molar-refractivity contribution >= 4 is 23.6 Å². The zero-order valence-corrected chi connectivity index (χ0v) is 16.5. The van der Waals surface area contributed by atoms with Gasteiger partial charge < -0.3 is 4.57 Å². The van der Waals surface area contributed by atoms with Gasteiger partial charge in [-0.1, -0.05) is 19.1 Å². The number of thiophene rings is 1. The first kappa shape index (κ1) is 17.6. The van der Waals surface area contributed by atoms with E-state index in [0.717, 1.165) is 19.4 Å². The van der Waals surface area contributed by atoms with Crippen LogP contribution in [0, 0.1) is 10.6 Å². The van der Waals surface area contributed by atoms with Crippen molar-refractivity contribution in [1.82, 2.24) is 19.2 Å². The van der Waals surface area contributed by atoms with Gasteiger partial charge in [-0.3, -0.25) is 4.90 Å². The number of rotatable bonds is 4. The molecule has 26 heavy (non-hydrogen) atoms. The third kappa shape index (κ3) is 2.94. The van der Waals surface area contributed by atoms with Crippen LogP contribution in [0.15, 0.2) is 35.7 Å². The Labute approximate surface area is 161 Å². The summed E-state index contributed by atoms with van der Waals surface area (Å²) in [4.78, 5) is 3.91. The monoisotopic (exact) mass is 388 g/mol. The van der Waals surface area contributed by atoms with Gasteiger partial charge in [-0.2, -0.15) is 5.10 Å². The Morgan fingerprint density at radius 1 is 1.31 bits per heavy atom. The highest BCUT2D eigenvalue weighted by Gasteiger charge is 2.27. The molecule has 0 saturated carbocycles. The second-order valence-electron chi connectivity index (χ2n) is 6.57. The number of benzene rings is 1. The SMILES string of the molecule is CC[C@@H]1c2ccsc2CCN1Cn1nc(-c2ccccc2F)n(C)c1=S. The Kier molecular flexibility index (Phi) is 4.77. The van der Waals surface area contributed by atoms with Crippen LogP contribution in [-0.2, 0) is 20.1 Å². The lowest BCUT2D eigenvalue weighted by Gasteiger charge is -2.35.